The van der Waals surface area contributed by atoms with Crippen LogP contribution in [-0.2, 0) is 10.0 Å². The van der Waals surface area contributed by atoms with Crippen LogP contribution in [0.4, 0.5) is 0 Å². The number of amides is 1. The molecule has 6 nitrogen and oxygen atoms in total. The first-order valence-electron chi connectivity index (χ1n) is 6.24. The van der Waals surface area contributed by atoms with Gasteiger partial charge in [0.2, 0.25) is 0 Å². The van der Waals surface area contributed by atoms with Gasteiger partial charge in [0, 0.05) is 15.6 Å². The van der Waals surface area contributed by atoms with Gasteiger partial charge in [0.25, 0.3) is 15.9 Å². The maximum absolute atomic E-state index is 12.1. The summed E-state index contributed by atoms with van der Waals surface area (Å²) in [6.07, 6.45) is 0. The van der Waals surface area contributed by atoms with Crippen LogP contribution in [0.1, 0.15) is 10.4 Å². The molecule has 0 aromatic heterocycles. The first kappa shape index (κ1) is 17.6. The van der Waals surface area contributed by atoms with Gasteiger partial charge in [-0.15, -0.1) is 4.83 Å². The average molecular weight is 375 g/mol. The van der Waals surface area contributed by atoms with Crippen LogP contribution in [0.3, 0.4) is 0 Å². The fourth-order valence-electron chi connectivity index (χ4n) is 1.67. The van der Waals surface area contributed by atoms with E-state index in [0.29, 0.717) is 5.75 Å². The molecule has 23 heavy (non-hydrogen) atoms. The van der Waals surface area contributed by atoms with Gasteiger partial charge in [-0.25, -0.2) is 8.42 Å². The number of benzene rings is 2. The first-order chi connectivity index (χ1) is 10.8. The molecule has 2 aromatic carbocycles. The highest BCUT2D eigenvalue weighted by atomic mass is 35.5. The Bertz CT molecular complexity index is 803. The van der Waals surface area contributed by atoms with Crippen molar-refractivity contribution in [2.24, 2.45) is 0 Å². The topological polar surface area (TPSA) is 84.5 Å². The van der Waals surface area contributed by atoms with Gasteiger partial charge in [0.15, 0.2) is 0 Å². The van der Waals surface area contributed by atoms with Gasteiger partial charge in [0.05, 0.1) is 12.0 Å². The van der Waals surface area contributed by atoms with Crippen LogP contribution < -0.4 is 15.0 Å². The molecule has 0 heterocycles. The van der Waals surface area contributed by atoms with E-state index in [9.17, 15) is 13.2 Å². The number of sulfonamides is 1. The first-order valence-corrected chi connectivity index (χ1v) is 8.48. The van der Waals surface area contributed by atoms with Crippen molar-refractivity contribution >= 4 is 39.1 Å². The Labute approximate surface area is 143 Å². The van der Waals surface area contributed by atoms with Crippen LogP contribution in [-0.4, -0.2) is 21.4 Å². The second-order valence-electron chi connectivity index (χ2n) is 4.39. The number of halogens is 2. The summed E-state index contributed by atoms with van der Waals surface area (Å²) in [4.78, 5) is 13.7. The van der Waals surface area contributed by atoms with Crippen molar-refractivity contribution in [2.45, 2.75) is 4.90 Å². The summed E-state index contributed by atoms with van der Waals surface area (Å²) in [6.45, 7) is 0. The Kier molecular flexibility index (Phi) is 5.48. The predicted molar refractivity (Wildman–Crippen MR) is 87.2 cm³/mol. The molecule has 0 saturated heterocycles. The van der Waals surface area contributed by atoms with Crippen molar-refractivity contribution in [3.8, 4) is 5.75 Å². The van der Waals surface area contributed by atoms with E-state index in [0.717, 1.165) is 0 Å². The lowest BCUT2D eigenvalue weighted by Gasteiger charge is -2.09. The Morgan fingerprint density at radius 1 is 1.04 bits per heavy atom. The van der Waals surface area contributed by atoms with E-state index in [2.05, 4.69) is 5.43 Å². The summed E-state index contributed by atoms with van der Waals surface area (Å²) in [6, 6.07) is 10.0. The van der Waals surface area contributed by atoms with Gasteiger partial charge in [-0.2, -0.15) is 0 Å². The molecule has 0 radical (unpaired) electrons. The Morgan fingerprint density at radius 2 is 1.61 bits per heavy atom. The number of hydrazine groups is 1. The Morgan fingerprint density at radius 3 is 2.13 bits per heavy atom. The number of hydrogen-bond donors (Lipinski definition) is 2. The van der Waals surface area contributed by atoms with Crippen LogP contribution in [0, 0.1) is 0 Å². The number of carbonyl (C=O) groups is 1. The van der Waals surface area contributed by atoms with E-state index >= 15 is 0 Å². The molecular formula is C14H12Cl2N2O4S. The van der Waals surface area contributed by atoms with Crippen LogP contribution >= 0.6 is 23.2 Å². The fraction of sp³-hybridized carbons (Fsp3) is 0.0714. The molecule has 0 unspecified atom stereocenters. The van der Waals surface area contributed by atoms with Gasteiger partial charge in [-0.1, -0.05) is 23.2 Å². The molecule has 9 heteroatoms. The van der Waals surface area contributed by atoms with Crippen molar-refractivity contribution in [3.63, 3.8) is 0 Å². The summed E-state index contributed by atoms with van der Waals surface area (Å²) < 4.78 is 29.2. The number of carbonyl (C=O) groups excluding carboxylic acids is 1. The maximum atomic E-state index is 12.1. The molecule has 1 amide bonds. The smallest absolute Gasteiger partial charge is 0.266 e. The molecule has 0 aliphatic heterocycles. The van der Waals surface area contributed by atoms with E-state index in [-0.39, 0.29) is 20.5 Å². The lowest BCUT2D eigenvalue weighted by Crippen LogP contribution is -2.41. The van der Waals surface area contributed by atoms with Gasteiger partial charge in [-0.3, -0.25) is 10.2 Å². The molecule has 122 valence electrons. The van der Waals surface area contributed by atoms with Gasteiger partial charge < -0.3 is 4.74 Å². The molecule has 2 aromatic rings. The van der Waals surface area contributed by atoms with Crippen molar-refractivity contribution in [2.75, 3.05) is 7.11 Å². The van der Waals surface area contributed by atoms with Crippen molar-refractivity contribution < 1.29 is 17.9 Å². The maximum Gasteiger partial charge on any atom is 0.266 e. The molecule has 0 aliphatic rings. The van der Waals surface area contributed by atoms with E-state index in [4.69, 9.17) is 27.9 Å². The minimum absolute atomic E-state index is 0.162. The summed E-state index contributed by atoms with van der Waals surface area (Å²) in [5, 5.41) is 0.332. The van der Waals surface area contributed by atoms with E-state index in [1.165, 1.54) is 37.4 Å². The molecule has 0 spiro atoms. The SMILES string of the molecule is COc1ccc(C(=O)NNS(=O)(=O)c2cc(Cl)cc(Cl)c2)cc1. The van der Waals surface area contributed by atoms with Gasteiger partial charge in [0.1, 0.15) is 5.75 Å². The molecule has 2 N–H and O–H groups in total. The predicted octanol–water partition coefficient (Wildman–Crippen LogP) is 2.63. The third-order valence-corrected chi connectivity index (χ3v) is 4.46. The lowest BCUT2D eigenvalue weighted by atomic mass is 10.2. The average Bonchev–Trinajstić information content (AvgIpc) is 2.52. The zero-order valence-corrected chi connectivity index (χ0v) is 14.2. The van der Waals surface area contributed by atoms with Gasteiger partial charge >= 0.3 is 0 Å². The third-order valence-electron chi connectivity index (χ3n) is 2.80. The van der Waals surface area contributed by atoms with Crippen molar-refractivity contribution in [1.29, 1.82) is 0 Å². The van der Waals surface area contributed by atoms with Crippen LogP contribution in [0.25, 0.3) is 0 Å². The molecule has 0 fully saturated rings. The Balaban J connectivity index is 2.10. The number of nitrogens with one attached hydrogen (secondary N) is 2. The zero-order valence-electron chi connectivity index (χ0n) is 11.8. The highest BCUT2D eigenvalue weighted by Gasteiger charge is 2.17. The minimum Gasteiger partial charge on any atom is -0.497 e. The standard InChI is InChI=1S/C14H12Cl2N2O4S/c1-22-12-4-2-9(3-5-12)14(19)17-18-23(20,21)13-7-10(15)6-11(16)8-13/h2-8,18H,1H3,(H,17,19). The van der Waals surface area contributed by atoms with Crippen LogP contribution in [0.5, 0.6) is 5.75 Å². The van der Waals surface area contributed by atoms with Crippen molar-refractivity contribution in [3.05, 3.63) is 58.1 Å². The number of hydrogen-bond acceptors (Lipinski definition) is 4. The second-order valence-corrected chi connectivity index (χ2v) is 6.95. The summed E-state index contributed by atoms with van der Waals surface area (Å²) in [5.41, 5.74) is 2.37. The highest BCUT2D eigenvalue weighted by Crippen LogP contribution is 2.22. The molecular weight excluding hydrogens is 363 g/mol. The van der Waals surface area contributed by atoms with Crippen molar-refractivity contribution in [1.82, 2.24) is 10.3 Å². The number of rotatable bonds is 5. The second kappa shape index (κ2) is 7.18. The summed E-state index contributed by atoms with van der Waals surface area (Å²) in [7, 11) is -2.50. The molecule has 0 aliphatic carbocycles. The Hall–Kier alpha value is -1.80. The quantitative estimate of drug-likeness (QED) is 0.787. The number of ether oxygens (including phenoxy) is 1. The minimum atomic E-state index is -4.00. The van der Waals surface area contributed by atoms with Crippen LogP contribution in [0.15, 0.2) is 47.4 Å². The van der Waals surface area contributed by atoms with Crippen LogP contribution in [0.2, 0.25) is 10.0 Å². The number of methoxy groups -OCH3 is 1. The molecule has 0 saturated carbocycles. The van der Waals surface area contributed by atoms with E-state index < -0.39 is 15.9 Å². The third kappa shape index (κ3) is 4.59. The fourth-order valence-corrected chi connectivity index (χ4v) is 3.24. The van der Waals surface area contributed by atoms with E-state index in [1.54, 1.807) is 12.1 Å². The lowest BCUT2D eigenvalue weighted by molar-refractivity contribution is 0.0945. The molecule has 0 atom stereocenters. The molecule has 2 rings (SSSR count). The highest BCUT2D eigenvalue weighted by molar-refractivity contribution is 7.89. The summed E-state index contributed by atoms with van der Waals surface area (Å²) >= 11 is 11.5. The normalized spacial score (nSPS) is 11.1. The molecule has 0 bridgehead atoms. The van der Waals surface area contributed by atoms with Gasteiger partial charge in [-0.05, 0) is 42.5 Å². The van der Waals surface area contributed by atoms with E-state index in [1.807, 2.05) is 4.83 Å². The monoisotopic (exact) mass is 374 g/mol. The zero-order chi connectivity index (χ0) is 17.0. The summed E-state index contributed by atoms with van der Waals surface area (Å²) in [5.74, 6) is -0.0416. The largest absolute Gasteiger partial charge is 0.497 e.